The molecule has 1 saturated carbocycles. The molecule has 1 aromatic heterocycles. The van der Waals surface area contributed by atoms with Gasteiger partial charge in [0, 0.05) is 42.7 Å². The molecule has 1 saturated heterocycles. The van der Waals surface area contributed by atoms with Crippen LogP contribution < -0.4 is 0 Å². The van der Waals surface area contributed by atoms with Gasteiger partial charge in [0.05, 0.1) is 0 Å². The third-order valence-corrected chi connectivity index (χ3v) is 5.87. The third kappa shape index (κ3) is 3.28. The molecule has 0 amide bonds. The van der Waals surface area contributed by atoms with Crippen LogP contribution in [0.3, 0.4) is 0 Å². The molecule has 0 spiro atoms. The van der Waals surface area contributed by atoms with Crippen LogP contribution in [0.1, 0.15) is 45.6 Å². The van der Waals surface area contributed by atoms with Crippen LogP contribution in [-0.4, -0.2) is 32.6 Å². The predicted octanol–water partition coefficient (Wildman–Crippen LogP) is 4.25. The molecule has 2 bridgehead atoms. The molecule has 2 atom stereocenters. The van der Waals surface area contributed by atoms with Crippen molar-refractivity contribution in [1.82, 2.24) is 14.9 Å². The number of nitrogens with zero attached hydrogens (tertiary/aromatic N) is 3. The largest absolute Gasteiger partial charge is 0.508 e. The van der Waals surface area contributed by atoms with Gasteiger partial charge in [0.15, 0.2) is 0 Å². The van der Waals surface area contributed by atoms with Crippen molar-refractivity contribution < 1.29 is 5.11 Å². The predicted molar refractivity (Wildman–Crippen MR) is 99.1 cm³/mol. The molecular formula is C21H27N3O. The molecule has 4 nitrogen and oxygen atoms in total. The lowest BCUT2D eigenvalue weighted by Gasteiger charge is -2.40. The van der Waals surface area contributed by atoms with Gasteiger partial charge in [-0.2, -0.15) is 0 Å². The molecule has 132 valence electrons. The van der Waals surface area contributed by atoms with Crippen molar-refractivity contribution in [3.8, 4) is 16.9 Å². The minimum absolute atomic E-state index is 0.381. The first-order valence-corrected chi connectivity index (χ1v) is 9.15. The number of hydrogen-bond donors (Lipinski definition) is 1. The number of aromatic nitrogens is 2. The highest BCUT2D eigenvalue weighted by molar-refractivity contribution is 5.63. The Labute approximate surface area is 149 Å². The van der Waals surface area contributed by atoms with Gasteiger partial charge in [-0.3, -0.25) is 4.90 Å². The minimum Gasteiger partial charge on any atom is -0.508 e. The lowest BCUT2D eigenvalue weighted by atomic mass is 9.65. The molecule has 0 radical (unpaired) electrons. The van der Waals surface area contributed by atoms with Crippen LogP contribution in [0.25, 0.3) is 11.1 Å². The lowest BCUT2D eigenvalue weighted by Crippen LogP contribution is -2.34. The van der Waals surface area contributed by atoms with Crippen molar-refractivity contribution in [2.24, 2.45) is 10.8 Å². The average molecular weight is 337 g/mol. The summed E-state index contributed by atoms with van der Waals surface area (Å²) in [5.41, 5.74) is 3.86. The first kappa shape index (κ1) is 16.5. The number of phenolic OH excluding ortho intramolecular Hbond substituents is 1. The number of fused-ring (bicyclic) bond motifs is 2. The van der Waals surface area contributed by atoms with E-state index in [4.69, 9.17) is 0 Å². The fourth-order valence-corrected chi connectivity index (χ4v) is 5.32. The van der Waals surface area contributed by atoms with Gasteiger partial charge < -0.3 is 5.11 Å². The summed E-state index contributed by atoms with van der Waals surface area (Å²) in [6, 6.07) is 6.44. The molecule has 4 heteroatoms. The summed E-state index contributed by atoms with van der Waals surface area (Å²) < 4.78 is 0. The quantitative estimate of drug-likeness (QED) is 0.909. The Balaban J connectivity index is 1.59. The highest BCUT2D eigenvalue weighted by Crippen LogP contribution is 2.52. The first-order valence-electron chi connectivity index (χ1n) is 9.15. The SMILES string of the molecule is CC1(C)CC2CC(C)(CN2Cc2cc(-c3cncnc3)ccc2O)C1. The van der Waals surface area contributed by atoms with Crippen LogP contribution in [0.4, 0.5) is 0 Å². The van der Waals surface area contributed by atoms with E-state index in [1.54, 1.807) is 6.07 Å². The van der Waals surface area contributed by atoms with E-state index in [0.717, 1.165) is 29.8 Å². The minimum atomic E-state index is 0.381. The molecule has 4 rings (SSSR count). The molecule has 1 N–H and O–H groups in total. The van der Waals surface area contributed by atoms with E-state index >= 15 is 0 Å². The number of phenols is 1. The molecule has 1 aliphatic heterocycles. The van der Waals surface area contributed by atoms with Crippen LogP contribution >= 0.6 is 0 Å². The molecule has 2 unspecified atom stereocenters. The second-order valence-electron chi connectivity index (χ2n) is 9.09. The normalized spacial score (nSPS) is 28.2. The van der Waals surface area contributed by atoms with Crippen LogP contribution in [0.2, 0.25) is 0 Å². The van der Waals surface area contributed by atoms with Gasteiger partial charge in [0.1, 0.15) is 12.1 Å². The fourth-order valence-electron chi connectivity index (χ4n) is 5.32. The fraction of sp³-hybridized carbons (Fsp3) is 0.524. The zero-order valence-electron chi connectivity index (χ0n) is 15.4. The van der Waals surface area contributed by atoms with Gasteiger partial charge in [-0.25, -0.2) is 9.97 Å². The molecule has 2 aromatic rings. The Morgan fingerprint density at radius 2 is 1.88 bits per heavy atom. The Hall–Kier alpha value is -1.94. The van der Waals surface area contributed by atoms with Crippen molar-refractivity contribution in [2.75, 3.05) is 6.54 Å². The highest BCUT2D eigenvalue weighted by Gasteiger charge is 2.49. The first-order chi connectivity index (χ1) is 11.8. The summed E-state index contributed by atoms with van der Waals surface area (Å²) in [5.74, 6) is 0.381. The summed E-state index contributed by atoms with van der Waals surface area (Å²) in [6.45, 7) is 9.16. The summed E-state index contributed by atoms with van der Waals surface area (Å²) in [6.07, 6.45) is 8.99. The molecule has 2 aliphatic rings. The van der Waals surface area contributed by atoms with Crippen LogP contribution in [0.15, 0.2) is 36.9 Å². The Bertz CT molecular complexity index is 774. The van der Waals surface area contributed by atoms with Gasteiger partial charge in [-0.1, -0.05) is 26.8 Å². The maximum Gasteiger partial charge on any atom is 0.120 e. The summed E-state index contributed by atoms with van der Waals surface area (Å²) in [7, 11) is 0. The maximum absolute atomic E-state index is 10.4. The summed E-state index contributed by atoms with van der Waals surface area (Å²) in [4.78, 5) is 10.8. The second-order valence-corrected chi connectivity index (χ2v) is 9.09. The van der Waals surface area contributed by atoms with Gasteiger partial charge in [0.2, 0.25) is 0 Å². The van der Waals surface area contributed by atoms with E-state index in [0.29, 0.717) is 22.6 Å². The number of hydrogen-bond acceptors (Lipinski definition) is 4. The van der Waals surface area contributed by atoms with Gasteiger partial charge >= 0.3 is 0 Å². The van der Waals surface area contributed by atoms with Crippen molar-refractivity contribution in [1.29, 1.82) is 0 Å². The maximum atomic E-state index is 10.4. The molecular weight excluding hydrogens is 310 g/mol. The number of rotatable bonds is 3. The zero-order valence-corrected chi connectivity index (χ0v) is 15.4. The van der Waals surface area contributed by atoms with Crippen molar-refractivity contribution in [2.45, 2.75) is 52.6 Å². The Morgan fingerprint density at radius 1 is 1.12 bits per heavy atom. The monoisotopic (exact) mass is 337 g/mol. The molecule has 1 aliphatic carbocycles. The van der Waals surface area contributed by atoms with Crippen LogP contribution in [0.5, 0.6) is 5.75 Å². The second kappa shape index (κ2) is 5.80. The van der Waals surface area contributed by atoms with E-state index in [9.17, 15) is 5.11 Å². The van der Waals surface area contributed by atoms with E-state index in [-0.39, 0.29) is 0 Å². The average Bonchev–Trinajstić information content (AvgIpc) is 2.78. The van der Waals surface area contributed by atoms with E-state index in [2.05, 4.69) is 41.7 Å². The lowest BCUT2D eigenvalue weighted by molar-refractivity contribution is 0.126. The number of aromatic hydroxyl groups is 1. The molecule has 1 aromatic carbocycles. The van der Waals surface area contributed by atoms with E-state index < -0.39 is 0 Å². The van der Waals surface area contributed by atoms with Gasteiger partial charge in [0.25, 0.3) is 0 Å². The molecule has 25 heavy (non-hydrogen) atoms. The van der Waals surface area contributed by atoms with E-state index in [1.807, 2.05) is 18.5 Å². The third-order valence-electron chi connectivity index (χ3n) is 5.87. The van der Waals surface area contributed by atoms with Crippen molar-refractivity contribution in [3.05, 3.63) is 42.5 Å². The van der Waals surface area contributed by atoms with Gasteiger partial charge in [-0.05, 0) is 47.8 Å². The number of likely N-dealkylation sites (tertiary alicyclic amines) is 1. The van der Waals surface area contributed by atoms with Crippen molar-refractivity contribution in [3.63, 3.8) is 0 Å². The van der Waals surface area contributed by atoms with Crippen molar-refractivity contribution >= 4 is 0 Å². The van der Waals surface area contributed by atoms with E-state index in [1.165, 1.54) is 25.6 Å². The van der Waals surface area contributed by atoms with Crippen LogP contribution in [-0.2, 0) is 6.54 Å². The van der Waals surface area contributed by atoms with Gasteiger partial charge in [-0.15, -0.1) is 0 Å². The Kier molecular flexibility index (Phi) is 3.84. The summed E-state index contributed by atoms with van der Waals surface area (Å²) >= 11 is 0. The standard InChI is InChI=1S/C21H27N3O/c1-20(2)7-18-8-21(3,12-20)13-24(18)11-16-6-15(4-5-19(16)25)17-9-22-14-23-10-17/h4-6,9-10,14,18,25H,7-8,11-13H2,1-3H3. The Morgan fingerprint density at radius 3 is 2.64 bits per heavy atom. The molecule has 2 fully saturated rings. The topological polar surface area (TPSA) is 49.2 Å². The van der Waals surface area contributed by atoms with Crippen LogP contribution in [0, 0.1) is 10.8 Å². The number of benzene rings is 1. The molecule has 2 heterocycles. The highest BCUT2D eigenvalue weighted by atomic mass is 16.3. The summed E-state index contributed by atoms with van der Waals surface area (Å²) in [5, 5.41) is 10.4. The zero-order chi connectivity index (χ0) is 17.7. The smallest absolute Gasteiger partial charge is 0.120 e.